The summed E-state index contributed by atoms with van der Waals surface area (Å²) in [5.41, 5.74) is 0.899. The number of nitrogens with one attached hydrogen (secondary N) is 1. The highest BCUT2D eigenvalue weighted by Gasteiger charge is 2.38. The maximum atomic E-state index is 12.9. The van der Waals surface area contributed by atoms with Gasteiger partial charge in [-0.15, -0.1) is 0 Å². The molecular formula is C14H9F4NO. The first-order valence-corrected chi connectivity index (χ1v) is 5.61. The Hall–Kier alpha value is -2.37. The van der Waals surface area contributed by atoms with Crippen LogP contribution in [0.15, 0.2) is 48.5 Å². The molecular weight excluding hydrogens is 274 g/mol. The number of amides is 1. The summed E-state index contributed by atoms with van der Waals surface area (Å²) in [5.74, 6) is -2.50. The van der Waals surface area contributed by atoms with Gasteiger partial charge >= 0.3 is 12.1 Å². The molecule has 0 heterocycles. The minimum absolute atomic E-state index is 0.0152. The maximum absolute atomic E-state index is 12.9. The Morgan fingerprint density at radius 1 is 0.950 bits per heavy atom. The molecule has 2 nitrogen and oxygen atoms in total. The lowest BCUT2D eigenvalue weighted by atomic mass is 10.0. The first-order valence-electron chi connectivity index (χ1n) is 5.61. The second-order valence-corrected chi connectivity index (χ2v) is 4.00. The molecule has 0 fully saturated rings. The van der Waals surface area contributed by atoms with Crippen LogP contribution in [0.25, 0.3) is 11.1 Å². The van der Waals surface area contributed by atoms with E-state index in [1.54, 1.807) is 17.4 Å². The number of para-hydroxylation sites is 1. The van der Waals surface area contributed by atoms with Crippen LogP contribution in [0, 0.1) is 5.82 Å². The second-order valence-electron chi connectivity index (χ2n) is 4.00. The smallest absolute Gasteiger partial charge is 0.318 e. The number of alkyl halides is 3. The molecule has 0 aliphatic carbocycles. The number of benzene rings is 2. The van der Waals surface area contributed by atoms with Crippen LogP contribution in [0.1, 0.15) is 0 Å². The third kappa shape index (κ3) is 3.14. The van der Waals surface area contributed by atoms with E-state index >= 15 is 0 Å². The van der Waals surface area contributed by atoms with Gasteiger partial charge in [0, 0.05) is 11.3 Å². The van der Waals surface area contributed by atoms with Crippen LogP contribution in [0.2, 0.25) is 0 Å². The summed E-state index contributed by atoms with van der Waals surface area (Å²) < 4.78 is 49.6. The molecule has 104 valence electrons. The first-order chi connectivity index (χ1) is 9.38. The van der Waals surface area contributed by atoms with Gasteiger partial charge in [-0.1, -0.05) is 30.3 Å². The van der Waals surface area contributed by atoms with Gasteiger partial charge in [-0.05, 0) is 23.8 Å². The SMILES string of the molecule is O=C(Nc1ccccc1-c1ccc(F)cc1)C(F)(F)F. The molecule has 0 unspecified atom stereocenters. The lowest BCUT2D eigenvalue weighted by Gasteiger charge is -2.12. The van der Waals surface area contributed by atoms with Gasteiger partial charge < -0.3 is 5.32 Å². The van der Waals surface area contributed by atoms with Crippen LogP contribution < -0.4 is 5.32 Å². The Balaban J connectivity index is 2.36. The van der Waals surface area contributed by atoms with E-state index in [0.29, 0.717) is 11.1 Å². The fourth-order valence-electron chi connectivity index (χ4n) is 1.67. The number of hydrogen-bond acceptors (Lipinski definition) is 1. The van der Waals surface area contributed by atoms with Gasteiger partial charge in [0.1, 0.15) is 5.82 Å². The third-order valence-electron chi connectivity index (χ3n) is 2.59. The molecule has 1 amide bonds. The van der Waals surface area contributed by atoms with Crippen molar-refractivity contribution in [1.29, 1.82) is 0 Å². The highest BCUT2D eigenvalue weighted by atomic mass is 19.4. The van der Waals surface area contributed by atoms with E-state index in [1.807, 2.05) is 0 Å². The van der Waals surface area contributed by atoms with Gasteiger partial charge in [-0.2, -0.15) is 13.2 Å². The number of carbonyl (C=O) groups is 1. The van der Waals surface area contributed by atoms with Crippen LogP contribution in [0.4, 0.5) is 23.2 Å². The molecule has 0 aromatic heterocycles. The minimum atomic E-state index is -4.96. The van der Waals surface area contributed by atoms with Crippen LogP contribution in [0.5, 0.6) is 0 Å². The molecule has 0 aliphatic rings. The number of carbonyl (C=O) groups excluding carboxylic acids is 1. The molecule has 0 saturated heterocycles. The van der Waals surface area contributed by atoms with Crippen LogP contribution in [0.3, 0.4) is 0 Å². The highest BCUT2D eigenvalue weighted by Crippen LogP contribution is 2.29. The van der Waals surface area contributed by atoms with Crippen molar-refractivity contribution in [3.05, 3.63) is 54.3 Å². The van der Waals surface area contributed by atoms with Crippen molar-refractivity contribution < 1.29 is 22.4 Å². The van der Waals surface area contributed by atoms with E-state index in [4.69, 9.17) is 0 Å². The van der Waals surface area contributed by atoms with Crippen LogP contribution in [-0.4, -0.2) is 12.1 Å². The first kappa shape index (κ1) is 14.0. The molecule has 0 atom stereocenters. The third-order valence-corrected chi connectivity index (χ3v) is 2.59. The average Bonchev–Trinajstić information content (AvgIpc) is 2.39. The van der Waals surface area contributed by atoms with Crippen molar-refractivity contribution in [1.82, 2.24) is 0 Å². The fourth-order valence-corrected chi connectivity index (χ4v) is 1.67. The molecule has 0 radical (unpaired) electrons. The van der Waals surface area contributed by atoms with Crippen LogP contribution >= 0.6 is 0 Å². The lowest BCUT2D eigenvalue weighted by Crippen LogP contribution is -2.30. The van der Waals surface area contributed by atoms with Crippen molar-refractivity contribution >= 4 is 11.6 Å². The second kappa shape index (κ2) is 5.32. The summed E-state index contributed by atoms with van der Waals surface area (Å²) in [5, 5.41) is 1.81. The van der Waals surface area contributed by atoms with E-state index < -0.39 is 17.9 Å². The molecule has 1 N–H and O–H groups in total. The molecule has 2 aromatic rings. The van der Waals surface area contributed by atoms with Gasteiger partial charge in [-0.25, -0.2) is 4.39 Å². The largest absolute Gasteiger partial charge is 0.471 e. The number of hydrogen-bond donors (Lipinski definition) is 1. The van der Waals surface area contributed by atoms with Crippen molar-refractivity contribution in [2.45, 2.75) is 6.18 Å². The van der Waals surface area contributed by atoms with E-state index in [-0.39, 0.29) is 5.69 Å². The summed E-state index contributed by atoms with van der Waals surface area (Å²) >= 11 is 0. The summed E-state index contributed by atoms with van der Waals surface area (Å²) in [6.07, 6.45) is -4.96. The highest BCUT2D eigenvalue weighted by molar-refractivity contribution is 5.98. The number of anilines is 1. The standard InChI is InChI=1S/C14H9F4NO/c15-10-7-5-9(6-8-10)11-3-1-2-4-12(11)19-13(20)14(16,17)18/h1-8H,(H,19,20). The summed E-state index contributed by atoms with van der Waals surface area (Å²) in [6, 6.07) is 11.2. The zero-order valence-electron chi connectivity index (χ0n) is 10.0. The Labute approximate surface area is 112 Å². The Bertz CT molecular complexity index is 620. The number of halogens is 4. The van der Waals surface area contributed by atoms with E-state index in [9.17, 15) is 22.4 Å². The van der Waals surface area contributed by atoms with Gasteiger partial charge in [0.15, 0.2) is 0 Å². The molecule has 0 saturated carbocycles. The Morgan fingerprint density at radius 3 is 2.15 bits per heavy atom. The topological polar surface area (TPSA) is 29.1 Å². The molecule has 2 rings (SSSR count). The molecule has 6 heteroatoms. The normalized spacial score (nSPS) is 11.2. The summed E-state index contributed by atoms with van der Waals surface area (Å²) in [4.78, 5) is 11.0. The molecule has 20 heavy (non-hydrogen) atoms. The van der Waals surface area contributed by atoms with Crippen molar-refractivity contribution in [2.75, 3.05) is 5.32 Å². The van der Waals surface area contributed by atoms with Crippen molar-refractivity contribution in [2.24, 2.45) is 0 Å². The quantitative estimate of drug-likeness (QED) is 0.829. The Kier molecular flexibility index (Phi) is 3.74. The molecule has 0 aliphatic heterocycles. The average molecular weight is 283 g/mol. The predicted molar refractivity (Wildman–Crippen MR) is 66.5 cm³/mol. The van der Waals surface area contributed by atoms with Gasteiger partial charge in [0.05, 0.1) is 0 Å². The fraction of sp³-hybridized carbons (Fsp3) is 0.0714. The zero-order valence-corrected chi connectivity index (χ0v) is 10.0. The molecule has 0 spiro atoms. The summed E-state index contributed by atoms with van der Waals surface area (Å²) in [6.45, 7) is 0. The monoisotopic (exact) mass is 283 g/mol. The Morgan fingerprint density at radius 2 is 1.55 bits per heavy atom. The molecule has 0 bridgehead atoms. The van der Waals surface area contributed by atoms with Gasteiger partial charge in [-0.3, -0.25) is 4.79 Å². The minimum Gasteiger partial charge on any atom is -0.318 e. The van der Waals surface area contributed by atoms with Gasteiger partial charge in [0.2, 0.25) is 0 Å². The van der Waals surface area contributed by atoms with E-state index in [2.05, 4.69) is 0 Å². The van der Waals surface area contributed by atoms with Gasteiger partial charge in [0.25, 0.3) is 0 Å². The van der Waals surface area contributed by atoms with Crippen molar-refractivity contribution in [3.63, 3.8) is 0 Å². The van der Waals surface area contributed by atoms with Crippen molar-refractivity contribution in [3.8, 4) is 11.1 Å². The predicted octanol–water partition coefficient (Wildman–Crippen LogP) is 3.99. The number of rotatable bonds is 2. The molecule has 2 aromatic carbocycles. The zero-order chi connectivity index (χ0) is 14.8. The van der Waals surface area contributed by atoms with E-state index in [1.165, 1.54) is 36.4 Å². The van der Waals surface area contributed by atoms with E-state index in [0.717, 1.165) is 0 Å². The summed E-state index contributed by atoms with van der Waals surface area (Å²) in [7, 11) is 0. The van der Waals surface area contributed by atoms with Crippen LogP contribution in [-0.2, 0) is 4.79 Å². The lowest BCUT2D eigenvalue weighted by molar-refractivity contribution is -0.167. The maximum Gasteiger partial charge on any atom is 0.471 e.